The zero-order chi connectivity index (χ0) is 51.5. The largest absolute Gasteiger partial charge is 0.344 e. The van der Waals surface area contributed by atoms with Gasteiger partial charge in [0.2, 0.25) is 29.5 Å². The molecular formula is C59H64ClN7O6. The lowest BCUT2D eigenvalue weighted by molar-refractivity contribution is -0.138. The number of halogens is 1. The second kappa shape index (κ2) is 26.7. The molecule has 0 saturated carbocycles. The second-order valence-corrected chi connectivity index (χ2v) is 18.8. The second-order valence-electron chi connectivity index (χ2n) is 18.3. The average Bonchev–Trinajstić information content (AvgIpc) is 3.69. The van der Waals surface area contributed by atoms with Gasteiger partial charge in [0.15, 0.2) is 0 Å². The van der Waals surface area contributed by atoms with Crippen LogP contribution in [0, 0.1) is 0 Å². The predicted molar refractivity (Wildman–Crippen MR) is 288 cm³/mol. The summed E-state index contributed by atoms with van der Waals surface area (Å²) in [6.07, 6.45) is 5.35. The van der Waals surface area contributed by atoms with Crippen molar-refractivity contribution in [2.24, 2.45) is 5.73 Å². The highest BCUT2D eigenvalue weighted by molar-refractivity contribution is 6.33. The van der Waals surface area contributed by atoms with Crippen LogP contribution in [0.1, 0.15) is 90.4 Å². The van der Waals surface area contributed by atoms with Gasteiger partial charge in [0, 0.05) is 43.2 Å². The summed E-state index contributed by atoms with van der Waals surface area (Å²) in [5.41, 5.74) is 13.5. The minimum atomic E-state index is -0.689. The summed E-state index contributed by atoms with van der Waals surface area (Å²) in [5, 5.41) is 11.9. The van der Waals surface area contributed by atoms with Crippen LogP contribution in [-0.2, 0) is 36.9 Å². The summed E-state index contributed by atoms with van der Waals surface area (Å²) in [6.45, 7) is 3.18. The maximum absolute atomic E-state index is 13.3. The molecular weight excluding hydrogens is 938 g/mol. The van der Waals surface area contributed by atoms with E-state index in [1.807, 2.05) is 127 Å². The van der Waals surface area contributed by atoms with Gasteiger partial charge in [-0.15, -0.1) is 0 Å². The lowest BCUT2D eigenvalue weighted by Crippen LogP contribution is -2.49. The third-order valence-electron chi connectivity index (χ3n) is 13.1. The van der Waals surface area contributed by atoms with Crippen LogP contribution < -0.4 is 27.0 Å². The third-order valence-corrected chi connectivity index (χ3v) is 13.4. The zero-order valence-electron chi connectivity index (χ0n) is 41.2. The molecule has 0 bridgehead atoms. The van der Waals surface area contributed by atoms with Crippen LogP contribution in [0.15, 0.2) is 158 Å². The Labute approximate surface area is 432 Å². The number of hydrogen-bond acceptors (Lipinski definition) is 7. The van der Waals surface area contributed by atoms with Crippen LogP contribution in [0.3, 0.4) is 0 Å². The molecule has 14 heteroatoms. The normalized spacial score (nSPS) is 15.8. The number of nitrogens with one attached hydrogen (secondary N) is 4. The number of anilines is 2. The van der Waals surface area contributed by atoms with Gasteiger partial charge in [-0.1, -0.05) is 140 Å². The highest BCUT2D eigenvalue weighted by Gasteiger charge is 2.32. The van der Waals surface area contributed by atoms with Crippen LogP contribution in [0.25, 0.3) is 11.1 Å². The average molecular weight is 1000 g/mol. The van der Waals surface area contributed by atoms with Crippen molar-refractivity contribution in [3.05, 3.63) is 191 Å². The Morgan fingerprint density at radius 3 is 1.71 bits per heavy atom. The summed E-state index contributed by atoms with van der Waals surface area (Å²) in [5.74, 6) is -1.64. The number of carbonyl (C=O) groups is 6. The summed E-state index contributed by atoms with van der Waals surface area (Å²) in [4.78, 5) is 81.1. The Morgan fingerprint density at radius 2 is 1.14 bits per heavy atom. The molecule has 6 N–H and O–H groups in total. The molecule has 2 unspecified atom stereocenters. The minimum Gasteiger partial charge on any atom is -0.344 e. The van der Waals surface area contributed by atoms with Gasteiger partial charge >= 0.3 is 0 Å². The standard InChI is InChI=1S/C31H35N3O3.C28H29ClN4O3/c1-2-23-12-11-17-26(20-23)32-30(36)22-34-19-10-9-18-28(31(34)37)33-29(35)21-27(24-13-5-3-6-14-24)25-15-7-4-8-16-25;29-23-14-9-19(17-30)16-25(23)31-26(34)18-33-15-5-4-8-24(28(33)36)32-27(35)22-12-10-21(11-13-22)20-6-2-1-3-7-20/h3-8,11-17,20,27-28H,2,9-10,18-19,21-22H2,1H3,(H,32,36)(H,33,35);1-3,6-7,9-14,16,24H,4-5,8,15,17-18,30H2,(H,31,34)(H,32,35). The van der Waals surface area contributed by atoms with E-state index in [0.717, 1.165) is 71.2 Å². The molecule has 2 aliphatic heterocycles. The molecule has 2 heterocycles. The van der Waals surface area contributed by atoms with Crippen LogP contribution in [0.5, 0.6) is 0 Å². The molecule has 0 radical (unpaired) electrons. The van der Waals surface area contributed by atoms with Crippen LogP contribution in [-0.4, -0.2) is 83.5 Å². The van der Waals surface area contributed by atoms with E-state index in [-0.39, 0.29) is 60.9 Å². The number of carbonyl (C=O) groups excluding carboxylic acids is 6. The van der Waals surface area contributed by atoms with Crippen molar-refractivity contribution < 1.29 is 28.8 Å². The molecule has 0 aliphatic carbocycles. The summed E-state index contributed by atoms with van der Waals surface area (Å²) >= 11 is 6.19. The van der Waals surface area contributed by atoms with E-state index in [4.69, 9.17) is 17.3 Å². The van der Waals surface area contributed by atoms with E-state index in [0.29, 0.717) is 48.7 Å². The van der Waals surface area contributed by atoms with Gasteiger partial charge < -0.3 is 36.8 Å². The SMILES string of the molecule is CCc1cccc(NC(=O)CN2CCCCC(NC(=O)CC(c3ccccc3)c3ccccc3)C2=O)c1.NCc1ccc(Cl)c(NC(=O)CN2CCCCC(NC(=O)c3ccc(-c4ccccc4)cc3)C2=O)c1. The topological polar surface area (TPSA) is 183 Å². The number of hydrogen-bond donors (Lipinski definition) is 5. The molecule has 378 valence electrons. The fourth-order valence-corrected chi connectivity index (χ4v) is 9.28. The molecule has 6 aromatic rings. The molecule has 6 amide bonds. The highest BCUT2D eigenvalue weighted by atomic mass is 35.5. The maximum Gasteiger partial charge on any atom is 0.251 e. The molecule has 2 aliphatic rings. The van der Waals surface area contributed by atoms with E-state index in [2.05, 4.69) is 28.2 Å². The Morgan fingerprint density at radius 1 is 0.589 bits per heavy atom. The first-order valence-electron chi connectivity index (χ1n) is 25.1. The molecule has 2 saturated heterocycles. The molecule has 2 atom stereocenters. The first-order valence-corrected chi connectivity index (χ1v) is 25.5. The monoisotopic (exact) mass is 1000 g/mol. The van der Waals surface area contributed by atoms with Crippen molar-refractivity contribution in [3.8, 4) is 11.1 Å². The Bertz CT molecular complexity index is 2770. The van der Waals surface area contributed by atoms with E-state index in [1.165, 1.54) is 4.90 Å². The zero-order valence-corrected chi connectivity index (χ0v) is 42.0. The van der Waals surface area contributed by atoms with E-state index in [9.17, 15) is 28.8 Å². The van der Waals surface area contributed by atoms with Gasteiger partial charge in [-0.3, -0.25) is 28.8 Å². The summed E-state index contributed by atoms with van der Waals surface area (Å²) in [7, 11) is 0. The Hall–Kier alpha value is -7.61. The summed E-state index contributed by atoms with van der Waals surface area (Å²) in [6, 6.07) is 48.7. The third kappa shape index (κ3) is 15.4. The fourth-order valence-electron chi connectivity index (χ4n) is 9.12. The predicted octanol–water partition coefficient (Wildman–Crippen LogP) is 9.12. The quantitative estimate of drug-likeness (QED) is 0.0641. The molecule has 0 aromatic heterocycles. The number of likely N-dealkylation sites (tertiary alicyclic amines) is 2. The van der Waals surface area contributed by atoms with Crippen molar-refractivity contribution in [2.75, 3.05) is 36.8 Å². The molecule has 6 aromatic carbocycles. The fraction of sp³-hybridized carbons (Fsp3) is 0.288. The van der Waals surface area contributed by atoms with Crippen molar-refractivity contribution in [2.45, 2.75) is 82.8 Å². The van der Waals surface area contributed by atoms with Crippen LogP contribution >= 0.6 is 11.6 Å². The number of benzene rings is 6. The van der Waals surface area contributed by atoms with Gasteiger partial charge in [-0.25, -0.2) is 0 Å². The first-order chi connectivity index (χ1) is 35.5. The minimum absolute atomic E-state index is 0.0296. The molecule has 13 nitrogen and oxygen atoms in total. The smallest absolute Gasteiger partial charge is 0.251 e. The van der Waals surface area contributed by atoms with Gasteiger partial charge in [0.1, 0.15) is 12.1 Å². The lowest BCUT2D eigenvalue weighted by atomic mass is 9.88. The van der Waals surface area contributed by atoms with Crippen LogP contribution in [0.4, 0.5) is 11.4 Å². The first kappa shape index (κ1) is 53.2. The number of nitrogens with zero attached hydrogens (tertiary/aromatic N) is 2. The Balaban J connectivity index is 0.000000214. The highest BCUT2D eigenvalue weighted by Crippen LogP contribution is 2.29. The van der Waals surface area contributed by atoms with Crippen LogP contribution in [0.2, 0.25) is 5.02 Å². The molecule has 73 heavy (non-hydrogen) atoms. The van der Waals surface area contributed by atoms with E-state index >= 15 is 0 Å². The maximum atomic E-state index is 13.3. The number of nitrogens with two attached hydrogens (primary N) is 1. The molecule has 0 spiro atoms. The van der Waals surface area contributed by atoms with Gasteiger partial charge in [-0.05, 0) is 115 Å². The lowest BCUT2D eigenvalue weighted by Gasteiger charge is -2.25. The van der Waals surface area contributed by atoms with Crippen molar-refractivity contribution >= 4 is 58.4 Å². The number of aryl methyl sites for hydroxylation is 1. The van der Waals surface area contributed by atoms with Gasteiger partial charge in [-0.2, -0.15) is 0 Å². The number of amides is 6. The van der Waals surface area contributed by atoms with E-state index in [1.54, 1.807) is 35.2 Å². The van der Waals surface area contributed by atoms with Gasteiger partial charge in [0.25, 0.3) is 5.91 Å². The molecule has 2 fully saturated rings. The van der Waals surface area contributed by atoms with Crippen molar-refractivity contribution in [1.29, 1.82) is 0 Å². The summed E-state index contributed by atoms with van der Waals surface area (Å²) < 4.78 is 0. The van der Waals surface area contributed by atoms with Crippen molar-refractivity contribution in [3.63, 3.8) is 0 Å². The van der Waals surface area contributed by atoms with Crippen molar-refractivity contribution in [1.82, 2.24) is 20.4 Å². The van der Waals surface area contributed by atoms with Gasteiger partial charge in [0.05, 0.1) is 23.8 Å². The molecule has 8 rings (SSSR count). The Kier molecular flexibility index (Phi) is 19.5. The van der Waals surface area contributed by atoms with E-state index < -0.39 is 12.1 Å². The number of rotatable bonds is 16.